The molecule has 0 radical (unpaired) electrons. The lowest BCUT2D eigenvalue weighted by molar-refractivity contribution is 0.661. The third kappa shape index (κ3) is 4.98. The fourth-order valence-electron chi connectivity index (χ4n) is 9.08. The van der Waals surface area contributed by atoms with Crippen LogP contribution in [-0.2, 0) is 5.41 Å². The molecular formula is C53H37N3. The number of para-hydroxylation sites is 2. The Labute approximate surface area is 326 Å². The largest absolute Gasteiger partial charge is 0.309 e. The van der Waals surface area contributed by atoms with E-state index in [1.54, 1.807) is 0 Å². The lowest BCUT2D eigenvalue weighted by Crippen LogP contribution is -2.14. The van der Waals surface area contributed by atoms with Gasteiger partial charge < -0.3 is 4.57 Å². The highest BCUT2D eigenvalue weighted by Crippen LogP contribution is 2.53. The van der Waals surface area contributed by atoms with Crippen LogP contribution in [0, 0.1) is 0 Å². The summed E-state index contributed by atoms with van der Waals surface area (Å²) < 4.78 is 2.38. The van der Waals surface area contributed by atoms with E-state index in [1.807, 2.05) is 6.07 Å². The van der Waals surface area contributed by atoms with Crippen molar-refractivity contribution in [2.75, 3.05) is 0 Å². The Bertz CT molecular complexity index is 3150. The van der Waals surface area contributed by atoms with Gasteiger partial charge in [-0.15, -0.1) is 0 Å². The molecule has 3 heteroatoms. The highest BCUT2D eigenvalue weighted by Gasteiger charge is 2.37. The molecule has 0 atom stereocenters. The zero-order chi connectivity index (χ0) is 37.4. The smallest absolute Gasteiger partial charge is 0.160 e. The Kier molecular flexibility index (Phi) is 7.20. The molecule has 1 aliphatic rings. The second kappa shape index (κ2) is 12.5. The first kappa shape index (κ1) is 32.3. The quantitative estimate of drug-likeness (QED) is 0.178. The summed E-state index contributed by atoms with van der Waals surface area (Å²) in [6.07, 6.45) is 0. The van der Waals surface area contributed by atoms with Gasteiger partial charge in [-0.05, 0) is 86.6 Å². The second-order valence-electron chi connectivity index (χ2n) is 15.4. The lowest BCUT2D eigenvalue weighted by atomic mass is 9.81. The molecular weight excluding hydrogens is 679 g/mol. The van der Waals surface area contributed by atoms with Crippen molar-refractivity contribution in [3.8, 4) is 61.8 Å². The molecule has 0 fully saturated rings. The summed E-state index contributed by atoms with van der Waals surface area (Å²) in [6, 6.07) is 67.6. The zero-order valence-corrected chi connectivity index (χ0v) is 31.2. The van der Waals surface area contributed by atoms with E-state index in [0.29, 0.717) is 5.82 Å². The van der Waals surface area contributed by atoms with Crippen LogP contribution in [-0.4, -0.2) is 14.5 Å². The minimum absolute atomic E-state index is 0.156. The molecule has 0 bridgehead atoms. The molecule has 10 aromatic rings. The van der Waals surface area contributed by atoms with Crippen LogP contribution in [0.3, 0.4) is 0 Å². The summed E-state index contributed by atoms with van der Waals surface area (Å²) in [5.41, 5.74) is 15.8. The van der Waals surface area contributed by atoms with Gasteiger partial charge in [0.1, 0.15) is 0 Å². The highest BCUT2D eigenvalue weighted by atomic mass is 15.0. The minimum Gasteiger partial charge on any atom is -0.309 e. The molecule has 264 valence electrons. The Morgan fingerprint density at radius 3 is 1.84 bits per heavy atom. The predicted octanol–water partition coefficient (Wildman–Crippen LogP) is 13.7. The van der Waals surface area contributed by atoms with Gasteiger partial charge in [0.25, 0.3) is 0 Å². The molecule has 0 aliphatic heterocycles. The van der Waals surface area contributed by atoms with Gasteiger partial charge in [-0.1, -0.05) is 159 Å². The van der Waals surface area contributed by atoms with Crippen LogP contribution in [0.4, 0.5) is 0 Å². The standard InChI is InChI=1S/C53H37N3/c1-53(2)45-26-15-25-43(51(45)44-30-35-18-9-10-19-36(35)31-46(44)53)48-33-47(54-52(55-48)34-16-5-3-6-17-34)40-23-12-11-22-39(40)37-28-29-42-41-24-13-14-27-49(41)56(50(42)32-37)38-20-7-4-8-21-38/h3-33H,1-2H3. The first-order chi connectivity index (χ1) is 27.5. The van der Waals surface area contributed by atoms with Crippen LogP contribution in [0.1, 0.15) is 25.0 Å². The topological polar surface area (TPSA) is 30.7 Å². The van der Waals surface area contributed by atoms with E-state index in [9.17, 15) is 0 Å². The summed E-state index contributed by atoms with van der Waals surface area (Å²) in [6.45, 7) is 4.70. The fraction of sp³-hybridized carbons (Fsp3) is 0.0566. The van der Waals surface area contributed by atoms with Crippen molar-refractivity contribution in [2.45, 2.75) is 19.3 Å². The third-order valence-electron chi connectivity index (χ3n) is 11.8. The predicted molar refractivity (Wildman–Crippen MR) is 233 cm³/mol. The number of hydrogen-bond acceptors (Lipinski definition) is 2. The molecule has 1 aliphatic carbocycles. The Hall–Kier alpha value is -7.10. The van der Waals surface area contributed by atoms with Gasteiger partial charge in [0.15, 0.2) is 5.82 Å². The van der Waals surface area contributed by atoms with Gasteiger partial charge in [-0.25, -0.2) is 9.97 Å². The van der Waals surface area contributed by atoms with E-state index in [4.69, 9.17) is 9.97 Å². The van der Waals surface area contributed by atoms with Crippen LogP contribution in [0.2, 0.25) is 0 Å². The number of nitrogens with zero attached hydrogens (tertiary/aromatic N) is 3. The number of benzene rings is 8. The van der Waals surface area contributed by atoms with Crippen LogP contribution < -0.4 is 0 Å². The summed E-state index contributed by atoms with van der Waals surface area (Å²) >= 11 is 0. The van der Waals surface area contributed by atoms with Crippen molar-refractivity contribution in [3.63, 3.8) is 0 Å². The second-order valence-corrected chi connectivity index (χ2v) is 15.4. The van der Waals surface area contributed by atoms with Crippen molar-refractivity contribution in [1.29, 1.82) is 0 Å². The molecule has 0 unspecified atom stereocenters. The van der Waals surface area contributed by atoms with E-state index in [-0.39, 0.29) is 5.41 Å². The average molecular weight is 716 g/mol. The summed E-state index contributed by atoms with van der Waals surface area (Å²) in [4.78, 5) is 10.7. The molecule has 0 amide bonds. The van der Waals surface area contributed by atoms with E-state index in [0.717, 1.165) is 44.9 Å². The van der Waals surface area contributed by atoms with Crippen molar-refractivity contribution in [3.05, 3.63) is 199 Å². The van der Waals surface area contributed by atoms with E-state index >= 15 is 0 Å². The number of rotatable bonds is 5. The van der Waals surface area contributed by atoms with Crippen molar-refractivity contribution >= 4 is 32.6 Å². The maximum Gasteiger partial charge on any atom is 0.160 e. The van der Waals surface area contributed by atoms with Crippen LogP contribution in [0.5, 0.6) is 0 Å². The van der Waals surface area contributed by atoms with E-state index in [1.165, 1.54) is 54.8 Å². The molecule has 8 aromatic carbocycles. The average Bonchev–Trinajstić information content (AvgIpc) is 3.70. The monoisotopic (exact) mass is 715 g/mol. The van der Waals surface area contributed by atoms with Gasteiger partial charge in [0, 0.05) is 38.6 Å². The SMILES string of the molecule is CC1(C)c2cc3ccccc3cc2-c2c(-c3cc(-c4ccccc4-c4ccc5c6ccccc6n(-c6ccccc6)c5c4)nc(-c4ccccc4)n3)cccc21. The summed E-state index contributed by atoms with van der Waals surface area (Å²) in [7, 11) is 0. The van der Waals surface area contributed by atoms with Crippen LogP contribution >= 0.6 is 0 Å². The third-order valence-corrected chi connectivity index (χ3v) is 11.8. The van der Waals surface area contributed by atoms with Crippen molar-refractivity contribution < 1.29 is 0 Å². The first-order valence-electron chi connectivity index (χ1n) is 19.3. The van der Waals surface area contributed by atoms with Crippen LogP contribution in [0.25, 0.3) is 94.4 Å². The molecule has 0 spiro atoms. The van der Waals surface area contributed by atoms with Gasteiger partial charge in [0.05, 0.1) is 22.4 Å². The molecule has 56 heavy (non-hydrogen) atoms. The summed E-state index contributed by atoms with van der Waals surface area (Å²) in [5, 5.41) is 4.99. The number of aromatic nitrogens is 3. The maximum absolute atomic E-state index is 5.36. The molecule has 0 saturated carbocycles. The molecule has 11 rings (SSSR count). The Morgan fingerprint density at radius 1 is 0.411 bits per heavy atom. The first-order valence-corrected chi connectivity index (χ1v) is 19.3. The number of fused-ring (bicyclic) bond motifs is 7. The summed E-state index contributed by atoms with van der Waals surface area (Å²) in [5.74, 6) is 0.709. The molecule has 0 N–H and O–H groups in total. The Balaban J connectivity index is 1.13. The molecule has 3 nitrogen and oxygen atoms in total. The molecule has 2 heterocycles. The van der Waals surface area contributed by atoms with E-state index in [2.05, 4.69) is 200 Å². The normalized spacial score (nSPS) is 13.0. The van der Waals surface area contributed by atoms with Gasteiger partial charge in [-0.3, -0.25) is 0 Å². The van der Waals surface area contributed by atoms with Gasteiger partial charge >= 0.3 is 0 Å². The van der Waals surface area contributed by atoms with Crippen molar-refractivity contribution in [2.24, 2.45) is 0 Å². The van der Waals surface area contributed by atoms with Gasteiger partial charge in [-0.2, -0.15) is 0 Å². The zero-order valence-electron chi connectivity index (χ0n) is 31.2. The highest BCUT2D eigenvalue weighted by molar-refractivity contribution is 6.10. The Morgan fingerprint density at radius 2 is 1.04 bits per heavy atom. The van der Waals surface area contributed by atoms with Crippen LogP contribution in [0.15, 0.2) is 188 Å². The van der Waals surface area contributed by atoms with Crippen molar-refractivity contribution in [1.82, 2.24) is 14.5 Å². The minimum atomic E-state index is -0.156. The molecule has 2 aromatic heterocycles. The maximum atomic E-state index is 5.36. The fourth-order valence-corrected chi connectivity index (χ4v) is 9.08. The number of hydrogen-bond donors (Lipinski definition) is 0. The lowest BCUT2D eigenvalue weighted by Gasteiger charge is -2.22. The van der Waals surface area contributed by atoms with Gasteiger partial charge in [0.2, 0.25) is 0 Å². The van der Waals surface area contributed by atoms with E-state index < -0.39 is 0 Å². The molecule has 0 saturated heterocycles.